The summed E-state index contributed by atoms with van der Waals surface area (Å²) < 4.78 is 0. The predicted octanol–water partition coefficient (Wildman–Crippen LogP) is 0.0768. The maximum atomic E-state index is 12.9. The van der Waals surface area contributed by atoms with Crippen LogP contribution in [0.3, 0.4) is 0 Å². The number of likely N-dealkylation sites (N-methyl/N-ethyl adjacent to an activating group) is 1. The van der Waals surface area contributed by atoms with Crippen molar-refractivity contribution in [2.45, 2.75) is 26.8 Å². The molecule has 3 N–H and O–H groups in total. The molecule has 0 aromatic heterocycles. The van der Waals surface area contributed by atoms with Gasteiger partial charge in [0.25, 0.3) is 11.8 Å². The molecule has 1 aliphatic heterocycles. The average Bonchev–Trinajstić information content (AvgIpc) is 2.76. The van der Waals surface area contributed by atoms with Crippen LogP contribution in [0.15, 0.2) is 48.5 Å². The van der Waals surface area contributed by atoms with Gasteiger partial charge in [0.2, 0.25) is 0 Å². The zero-order valence-corrected chi connectivity index (χ0v) is 18.5. The van der Waals surface area contributed by atoms with Crippen molar-refractivity contribution in [2.75, 3.05) is 50.0 Å². The quantitative estimate of drug-likeness (QED) is 0.632. The molecule has 0 saturated carbocycles. The first kappa shape index (κ1) is 22.0. The smallest absolute Gasteiger partial charge is 0.284 e. The summed E-state index contributed by atoms with van der Waals surface area (Å²) in [4.78, 5) is 29.8. The first-order valence-corrected chi connectivity index (χ1v) is 10.7. The highest BCUT2D eigenvalue weighted by Gasteiger charge is 2.33. The van der Waals surface area contributed by atoms with Gasteiger partial charge in [0.1, 0.15) is 26.2 Å². The number of aryl methyl sites for hydroxylation is 2. The van der Waals surface area contributed by atoms with Crippen LogP contribution in [-0.4, -0.2) is 57.6 Å². The van der Waals surface area contributed by atoms with E-state index in [1.807, 2.05) is 76.3 Å². The molecular formula is C24H34N4O2+2. The molecule has 3 rings (SSSR count). The zero-order valence-electron chi connectivity index (χ0n) is 18.5. The summed E-state index contributed by atoms with van der Waals surface area (Å²) in [6.45, 7) is 10.1. The molecule has 1 atom stereocenters. The number of quaternary nitrogens is 2. The molecule has 0 spiro atoms. The minimum absolute atomic E-state index is 0.0544. The van der Waals surface area contributed by atoms with Gasteiger partial charge in [-0.3, -0.25) is 9.59 Å². The Balaban J connectivity index is 1.49. The summed E-state index contributed by atoms with van der Waals surface area (Å²) in [6, 6.07) is 15.7. The first-order valence-electron chi connectivity index (χ1n) is 10.7. The monoisotopic (exact) mass is 410 g/mol. The lowest BCUT2D eigenvalue weighted by Crippen LogP contribution is -3.30. The lowest BCUT2D eigenvalue weighted by atomic mass is 10.1. The fraction of sp³-hybridized carbons (Fsp3) is 0.417. The van der Waals surface area contributed by atoms with E-state index in [0.29, 0.717) is 6.54 Å². The van der Waals surface area contributed by atoms with E-state index in [1.54, 1.807) is 4.90 Å². The Morgan fingerprint density at radius 1 is 0.967 bits per heavy atom. The molecule has 1 heterocycles. The van der Waals surface area contributed by atoms with Gasteiger partial charge in [-0.1, -0.05) is 36.4 Å². The molecular weight excluding hydrogens is 376 g/mol. The van der Waals surface area contributed by atoms with Crippen molar-refractivity contribution < 1.29 is 19.4 Å². The topological polar surface area (TPSA) is 58.3 Å². The minimum atomic E-state index is -0.0970. The fourth-order valence-corrected chi connectivity index (χ4v) is 4.20. The summed E-state index contributed by atoms with van der Waals surface area (Å²) >= 11 is 0. The van der Waals surface area contributed by atoms with Gasteiger partial charge < -0.3 is 20.0 Å². The van der Waals surface area contributed by atoms with Crippen LogP contribution in [0.4, 0.5) is 11.4 Å². The highest BCUT2D eigenvalue weighted by atomic mass is 16.2. The molecule has 2 aromatic carbocycles. The average molecular weight is 411 g/mol. The van der Waals surface area contributed by atoms with Gasteiger partial charge in [-0.15, -0.1) is 0 Å². The highest BCUT2D eigenvalue weighted by Crippen LogP contribution is 2.18. The Bertz CT molecular complexity index is 856. The third kappa shape index (κ3) is 5.26. The van der Waals surface area contributed by atoms with Crippen molar-refractivity contribution in [1.29, 1.82) is 0 Å². The molecule has 1 aliphatic rings. The molecule has 1 fully saturated rings. The molecule has 30 heavy (non-hydrogen) atoms. The van der Waals surface area contributed by atoms with Gasteiger partial charge in [0, 0.05) is 18.4 Å². The number of nitrogens with zero attached hydrogens (tertiary/aromatic N) is 1. The fourth-order valence-electron chi connectivity index (χ4n) is 4.20. The number of benzene rings is 2. The number of hydrogen-bond acceptors (Lipinski definition) is 2. The van der Waals surface area contributed by atoms with Crippen molar-refractivity contribution in [3.8, 4) is 0 Å². The molecule has 0 aliphatic carbocycles. The summed E-state index contributed by atoms with van der Waals surface area (Å²) in [5.74, 6) is 0.186. The van der Waals surface area contributed by atoms with E-state index in [-0.39, 0.29) is 17.9 Å². The number of nitrogens with one attached hydrogen (secondary N) is 3. The molecule has 0 radical (unpaired) electrons. The van der Waals surface area contributed by atoms with Crippen molar-refractivity contribution in [2.24, 2.45) is 0 Å². The second kappa shape index (κ2) is 9.87. The summed E-state index contributed by atoms with van der Waals surface area (Å²) in [7, 11) is 1.84. The van der Waals surface area contributed by atoms with E-state index >= 15 is 0 Å². The van der Waals surface area contributed by atoms with Crippen LogP contribution in [0.5, 0.6) is 0 Å². The van der Waals surface area contributed by atoms with Crippen molar-refractivity contribution >= 4 is 23.2 Å². The third-order valence-electron chi connectivity index (χ3n) is 6.21. The van der Waals surface area contributed by atoms with Crippen LogP contribution >= 0.6 is 0 Å². The van der Waals surface area contributed by atoms with Gasteiger partial charge in [-0.25, -0.2) is 0 Å². The first-order chi connectivity index (χ1) is 14.4. The Morgan fingerprint density at radius 2 is 1.57 bits per heavy atom. The highest BCUT2D eigenvalue weighted by molar-refractivity contribution is 5.95. The zero-order chi connectivity index (χ0) is 21.7. The van der Waals surface area contributed by atoms with E-state index in [0.717, 1.165) is 48.7 Å². The third-order valence-corrected chi connectivity index (χ3v) is 6.21. The Labute approximate surface area is 179 Å². The molecule has 1 saturated heterocycles. The summed E-state index contributed by atoms with van der Waals surface area (Å²) in [6.07, 6.45) is 0. The molecule has 2 amide bonds. The van der Waals surface area contributed by atoms with Gasteiger partial charge in [0.05, 0.1) is 0 Å². The number of carbonyl (C=O) groups excluding carboxylic acids is 2. The second-order valence-electron chi connectivity index (χ2n) is 8.35. The van der Waals surface area contributed by atoms with E-state index < -0.39 is 0 Å². The molecule has 6 nitrogen and oxygen atoms in total. The Morgan fingerprint density at radius 3 is 2.17 bits per heavy atom. The largest absolute Gasteiger partial charge is 0.321 e. The van der Waals surface area contributed by atoms with Gasteiger partial charge in [-0.2, -0.15) is 0 Å². The summed E-state index contributed by atoms with van der Waals surface area (Å²) in [5.41, 5.74) is 4.01. The van der Waals surface area contributed by atoms with Crippen molar-refractivity contribution in [1.82, 2.24) is 0 Å². The number of anilines is 2. The SMILES string of the molecule is Cc1cccc(C)c1NC(=O)C[NH+]1CC[NH+]([C@@H](C)C(=O)N(C)c2ccccc2)CC1. The molecule has 0 unspecified atom stereocenters. The van der Waals surface area contributed by atoms with Crippen LogP contribution in [0.2, 0.25) is 0 Å². The van der Waals surface area contributed by atoms with Crippen LogP contribution < -0.4 is 20.0 Å². The minimum Gasteiger partial charge on any atom is -0.321 e. The lowest BCUT2D eigenvalue weighted by Gasteiger charge is -2.33. The lowest BCUT2D eigenvalue weighted by molar-refractivity contribution is -1.01. The second-order valence-corrected chi connectivity index (χ2v) is 8.35. The normalized spacial score (nSPS) is 19.7. The van der Waals surface area contributed by atoms with Crippen LogP contribution in [0, 0.1) is 13.8 Å². The van der Waals surface area contributed by atoms with Gasteiger partial charge in [-0.05, 0) is 44.0 Å². The standard InChI is InChI=1S/C24H32N4O2/c1-18-9-8-10-19(2)23(18)25-22(29)17-27-13-15-28(16-14-27)20(3)24(30)26(4)21-11-6-5-7-12-21/h5-12,20H,13-17H2,1-4H3,(H,25,29)/p+2/t20-/m0/s1. The van der Waals surface area contributed by atoms with Gasteiger partial charge >= 0.3 is 0 Å². The number of amides is 2. The number of para-hydroxylation sites is 2. The maximum absolute atomic E-state index is 12.9. The molecule has 2 aromatic rings. The van der Waals surface area contributed by atoms with E-state index in [9.17, 15) is 9.59 Å². The summed E-state index contributed by atoms with van der Waals surface area (Å²) in [5, 5.41) is 3.08. The van der Waals surface area contributed by atoms with Crippen LogP contribution in [-0.2, 0) is 9.59 Å². The van der Waals surface area contributed by atoms with Gasteiger partial charge in [0.15, 0.2) is 12.6 Å². The molecule has 6 heteroatoms. The Hall–Kier alpha value is -2.70. The predicted molar refractivity (Wildman–Crippen MR) is 120 cm³/mol. The number of carbonyl (C=O) groups is 2. The number of hydrogen-bond donors (Lipinski definition) is 3. The van der Waals surface area contributed by atoms with E-state index in [1.165, 1.54) is 9.80 Å². The maximum Gasteiger partial charge on any atom is 0.284 e. The molecule has 160 valence electrons. The molecule has 0 bridgehead atoms. The van der Waals surface area contributed by atoms with E-state index in [2.05, 4.69) is 5.32 Å². The van der Waals surface area contributed by atoms with Crippen LogP contribution in [0.25, 0.3) is 0 Å². The van der Waals surface area contributed by atoms with Crippen molar-refractivity contribution in [3.63, 3.8) is 0 Å². The Kier molecular flexibility index (Phi) is 7.24. The van der Waals surface area contributed by atoms with Crippen molar-refractivity contribution in [3.05, 3.63) is 59.7 Å². The number of rotatable bonds is 6. The van der Waals surface area contributed by atoms with E-state index in [4.69, 9.17) is 0 Å². The number of piperazine rings is 1. The van der Waals surface area contributed by atoms with Crippen LogP contribution in [0.1, 0.15) is 18.1 Å².